The summed E-state index contributed by atoms with van der Waals surface area (Å²) < 4.78 is 5.47. The van der Waals surface area contributed by atoms with Crippen molar-refractivity contribution in [3.05, 3.63) is 65.2 Å². The van der Waals surface area contributed by atoms with Gasteiger partial charge in [0.15, 0.2) is 0 Å². The molecule has 0 heterocycles. The summed E-state index contributed by atoms with van der Waals surface area (Å²) in [4.78, 5) is 0. The molecule has 2 rings (SSSR count). The first kappa shape index (κ1) is 14.6. The summed E-state index contributed by atoms with van der Waals surface area (Å²) in [7, 11) is 1.70. The smallest absolute Gasteiger partial charge is 0.123 e. The summed E-state index contributed by atoms with van der Waals surface area (Å²) in [5, 5.41) is 0. The van der Waals surface area contributed by atoms with E-state index in [0.717, 1.165) is 24.2 Å². The van der Waals surface area contributed by atoms with Gasteiger partial charge in [-0.2, -0.15) is 0 Å². The van der Waals surface area contributed by atoms with Crippen LogP contribution in [0.4, 0.5) is 0 Å². The summed E-state index contributed by atoms with van der Waals surface area (Å²) in [5.74, 6) is 6.61. The van der Waals surface area contributed by atoms with Crippen LogP contribution in [-0.2, 0) is 6.42 Å². The van der Waals surface area contributed by atoms with Gasteiger partial charge in [-0.1, -0.05) is 42.5 Å². The van der Waals surface area contributed by atoms with E-state index in [1.54, 1.807) is 7.11 Å². The minimum absolute atomic E-state index is 0.0887. The summed E-state index contributed by atoms with van der Waals surface area (Å²) in [5.41, 5.74) is 6.51. The zero-order chi connectivity index (χ0) is 14.4. The van der Waals surface area contributed by atoms with E-state index in [2.05, 4.69) is 48.7 Å². The first-order valence-corrected chi connectivity index (χ1v) is 6.89. The Hall–Kier alpha value is -1.84. The molecule has 0 radical (unpaired) electrons. The Morgan fingerprint density at radius 2 is 1.90 bits per heavy atom. The lowest BCUT2D eigenvalue weighted by Gasteiger charge is -2.19. The van der Waals surface area contributed by atoms with Crippen molar-refractivity contribution in [1.82, 2.24) is 5.43 Å². The topological polar surface area (TPSA) is 47.3 Å². The van der Waals surface area contributed by atoms with E-state index in [9.17, 15) is 0 Å². The third-order valence-electron chi connectivity index (χ3n) is 3.53. The summed E-state index contributed by atoms with van der Waals surface area (Å²) in [6, 6.07) is 16.7. The molecule has 3 nitrogen and oxygen atoms in total. The van der Waals surface area contributed by atoms with Gasteiger partial charge in [-0.3, -0.25) is 11.3 Å². The van der Waals surface area contributed by atoms with E-state index in [-0.39, 0.29) is 6.04 Å². The maximum atomic E-state index is 5.73. The number of ether oxygens (including phenoxy) is 1. The molecule has 1 unspecified atom stereocenters. The quantitative estimate of drug-likeness (QED) is 0.626. The SMILES string of the molecule is COc1cc(C)ccc1C(CCc1ccccc1)NN. The van der Waals surface area contributed by atoms with Crippen LogP contribution in [0, 0.1) is 6.92 Å². The predicted molar refractivity (Wildman–Crippen MR) is 82.6 cm³/mol. The molecule has 0 saturated carbocycles. The number of hydrogen-bond acceptors (Lipinski definition) is 3. The second-order valence-electron chi connectivity index (χ2n) is 4.99. The second kappa shape index (κ2) is 7.08. The monoisotopic (exact) mass is 270 g/mol. The Kier molecular flexibility index (Phi) is 5.16. The number of nitrogens with one attached hydrogen (secondary N) is 1. The summed E-state index contributed by atoms with van der Waals surface area (Å²) in [6.07, 6.45) is 1.91. The van der Waals surface area contributed by atoms with E-state index in [0.29, 0.717) is 0 Å². The highest BCUT2D eigenvalue weighted by Crippen LogP contribution is 2.28. The highest BCUT2D eigenvalue weighted by molar-refractivity contribution is 5.39. The number of hydrogen-bond donors (Lipinski definition) is 2. The van der Waals surface area contributed by atoms with Crippen molar-refractivity contribution in [2.45, 2.75) is 25.8 Å². The van der Waals surface area contributed by atoms with E-state index in [1.807, 2.05) is 12.1 Å². The number of aryl methyl sites for hydroxylation is 2. The number of methoxy groups -OCH3 is 1. The van der Waals surface area contributed by atoms with Crippen LogP contribution < -0.4 is 16.0 Å². The summed E-state index contributed by atoms with van der Waals surface area (Å²) >= 11 is 0. The first-order chi connectivity index (χ1) is 9.74. The molecule has 2 aromatic rings. The van der Waals surface area contributed by atoms with Crippen LogP contribution in [0.15, 0.2) is 48.5 Å². The zero-order valence-electron chi connectivity index (χ0n) is 12.1. The van der Waals surface area contributed by atoms with Crippen molar-refractivity contribution in [3.63, 3.8) is 0 Å². The average molecular weight is 270 g/mol. The lowest BCUT2D eigenvalue weighted by atomic mass is 9.98. The number of hydrazine groups is 1. The van der Waals surface area contributed by atoms with Gasteiger partial charge >= 0.3 is 0 Å². The van der Waals surface area contributed by atoms with Crippen molar-refractivity contribution in [2.24, 2.45) is 5.84 Å². The molecule has 2 aromatic carbocycles. The van der Waals surface area contributed by atoms with Gasteiger partial charge in [0, 0.05) is 11.6 Å². The molecule has 3 heteroatoms. The van der Waals surface area contributed by atoms with Gasteiger partial charge in [-0.15, -0.1) is 0 Å². The maximum Gasteiger partial charge on any atom is 0.123 e. The minimum Gasteiger partial charge on any atom is -0.496 e. The Bertz CT molecular complexity index is 540. The van der Waals surface area contributed by atoms with Crippen molar-refractivity contribution in [1.29, 1.82) is 0 Å². The Balaban J connectivity index is 2.12. The fourth-order valence-electron chi connectivity index (χ4n) is 2.39. The van der Waals surface area contributed by atoms with Gasteiger partial charge in [0.2, 0.25) is 0 Å². The third-order valence-corrected chi connectivity index (χ3v) is 3.53. The molecule has 0 bridgehead atoms. The van der Waals surface area contributed by atoms with E-state index < -0.39 is 0 Å². The molecule has 0 aliphatic carbocycles. The first-order valence-electron chi connectivity index (χ1n) is 6.89. The number of nitrogens with two attached hydrogens (primary N) is 1. The van der Waals surface area contributed by atoms with E-state index >= 15 is 0 Å². The fourth-order valence-corrected chi connectivity index (χ4v) is 2.39. The van der Waals surface area contributed by atoms with Crippen LogP contribution in [-0.4, -0.2) is 7.11 Å². The molecule has 0 fully saturated rings. The van der Waals surface area contributed by atoms with E-state index in [4.69, 9.17) is 10.6 Å². The summed E-state index contributed by atoms with van der Waals surface area (Å²) in [6.45, 7) is 2.06. The van der Waals surface area contributed by atoms with Crippen LogP contribution in [0.3, 0.4) is 0 Å². The molecular formula is C17H22N2O. The van der Waals surface area contributed by atoms with Crippen LogP contribution >= 0.6 is 0 Å². The predicted octanol–water partition coefficient (Wildman–Crippen LogP) is 3.14. The number of benzene rings is 2. The lowest BCUT2D eigenvalue weighted by Crippen LogP contribution is -2.28. The van der Waals surface area contributed by atoms with Gasteiger partial charge in [-0.05, 0) is 37.0 Å². The van der Waals surface area contributed by atoms with Crippen molar-refractivity contribution < 1.29 is 4.74 Å². The Labute approximate surface area is 120 Å². The van der Waals surface area contributed by atoms with Gasteiger partial charge in [0.1, 0.15) is 5.75 Å². The van der Waals surface area contributed by atoms with Crippen molar-refractivity contribution in [2.75, 3.05) is 7.11 Å². The molecule has 20 heavy (non-hydrogen) atoms. The second-order valence-corrected chi connectivity index (χ2v) is 4.99. The molecule has 0 spiro atoms. The van der Waals surface area contributed by atoms with Gasteiger partial charge < -0.3 is 4.74 Å². The van der Waals surface area contributed by atoms with Gasteiger partial charge in [-0.25, -0.2) is 0 Å². The highest BCUT2D eigenvalue weighted by Gasteiger charge is 2.14. The standard InChI is InChI=1S/C17H22N2O/c1-13-8-10-15(17(12-13)20-2)16(19-18)11-9-14-6-4-3-5-7-14/h3-8,10,12,16,19H,9,11,18H2,1-2H3. The molecule has 0 amide bonds. The Morgan fingerprint density at radius 3 is 2.55 bits per heavy atom. The van der Waals surface area contributed by atoms with Crippen LogP contribution in [0.2, 0.25) is 0 Å². The lowest BCUT2D eigenvalue weighted by molar-refractivity contribution is 0.395. The molecular weight excluding hydrogens is 248 g/mol. The average Bonchev–Trinajstić information content (AvgIpc) is 2.50. The van der Waals surface area contributed by atoms with Gasteiger partial charge in [0.05, 0.1) is 7.11 Å². The number of rotatable bonds is 6. The molecule has 0 aromatic heterocycles. The molecule has 0 saturated heterocycles. The maximum absolute atomic E-state index is 5.73. The Morgan fingerprint density at radius 1 is 1.15 bits per heavy atom. The third kappa shape index (κ3) is 3.59. The molecule has 0 aliphatic heterocycles. The van der Waals surface area contributed by atoms with Crippen LogP contribution in [0.25, 0.3) is 0 Å². The van der Waals surface area contributed by atoms with Crippen LogP contribution in [0.1, 0.15) is 29.2 Å². The molecule has 106 valence electrons. The molecule has 3 N–H and O–H groups in total. The molecule has 0 aliphatic rings. The zero-order valence-corrected chi connectivity index (χ0v) is 12.1. The fraction of sp³-hybridized carbons (Fsp3) is 0.294. The molecule has 1 atom stereocenters. The van der Waals surface area contributed by atoms with Crippen LogP contribution in [0.5, 0.6) is 5.75 Å². The minimum atomic E-state index is 0.0887. The van der Waals surface area contributed by atoms with Crippen molar-refractivity contribution in [3.8, 4) is 5.75 Å². The normalized spacial score (nSPS) is 12.2. The largest absolute Gasteiger partial charge is 0.496 e. The highest BCUT2D eigenvalue weighted by atomic mass is 16.5. The van der Waals surface area contributed by atoms with Crippen molar-refractivity contribution >= 4 is 0 Å². The van der Waals surface area contributed by atoms with Gasteiger partial charge in [0.25, 0.3) is 0 Å². The van der Waals surface area contributed by atoms with E-state index in [1.165, 1.54) is 11.1 Å².